The Kier molecular flexibility index (Phi) is 5.41. The molecule has 0 amide bonds. The molecule has 4 rings (SSSR count). The summed E-state index contributed by atoms with van der Waals surface area (Å²) in [5, 5.41) is 2.30. The topological polar surface area (TPSA) is 43.4 Å². The van der Waals surface area contributed by atoms with Crippen LogP contribution >= 0.6 is 23.2 Å². The second-order valence-electron chi connectivity index (χ2n) is 9.82. The van der Waals surface area contributed by atoms with Gasteiger partial charge in [-0.3, -0.25) is 9.59 Å². The summed E-state index contributed by atoms with van der Waals surface area (Å²) in [5.41, 5.74) is 0.276. The molecule has 8 atom stereocenters. The molecule has 0 saturated heterocycles. The second kappa shape index (κ2) is 7.47. The number of carbonyl (C=O) groups is 2. The maximum Gasteiger partial charge on any atom is 0.321 e. The van der Waals surface area contributed by atoms with Gasteiger partial charge < -0.3 is 4.74 Å². The second-order valence-corrected chi connectivity index (χ2v) is 10.6. The average molecular weight is 435 g/mol. The number of esters is 1. The highest BCUT2D eigenvalue weighted by Gasteiger charge is 2.57. The molecule has 0 aromatic heterocycles. The van der Waals surface area contributed by atoms with E-state index in [9.17, 15) is 9.59 Å². The molecule has 3 nitrogen and oxygen atoms in total. The third-order valence-corrected chi connectivity index (χ3v) is 8.43. The van der Waals surface area contributed by atoms with E-state index >= 15 is 0 Å². The molecule has 4 aliphatic carbocycles. The summed E-state index contributed by atoms with van der Waals surface area (Å²) in [5.74, 6) is 2.85. The Morgan fingerprint density at radius 3 is 2.83 bits per heavy atom. The van der Waals surface area contributed by atoms with Crippen molar-refractivity contribution >= 4 is 35.0 Å². The van der Waals surface area contributed by atoms with E-state index in [1.54, 1.807) is 19.9 Å². The van der Waals surface area contributed by atoms with Gasteiger partial charge in [-0.25, -0.2) is 0 Å². The molecule has 0 bridgehead atoms. The Hall–Kier alpha value is -1.24. The van der Waals surface area contributed by atoms with Crippen molar-refractivity contribution in [3.8, 4) is 11.3 Å². The number of ether oxygens (including phenoxy) is 1. The van der Waals surface area contributed by atoms with Gasteiger partial charge in [0, 0.05) is 17.2 Å². The molecule has 4 aliphatic rings. The molecule has 0 radical (unpaired) electrons. The van der Waals surface area contributed by atoms with Gasteiger partial charge in [-0.15, -0.1) is 11.6 Å². The number of halogens is 2. The lowest BCUT2D eigenvalue weighted by atomic mass is 9.51. The predicted molar refractivity (Wildman–Crippen MR) is 114 cm³/mol. The number of hydrogen-bond donors (Lipinski definition) is 0. The van der Waals surface area contributed by atoms with E-state index in [-0.39, 0.29) is 22.5 Å². The highest BCUT2D eigenvalue weighted by atomic mass is 35.5. The zero-order valence-electron chi connectivity index (χ0n) is 17.2. The van der Waals surface area contributed by atoms with Crippen LogP contribution in [-0.4, -0.2) is 22.7 Å². The number of hydrogen-bond acceptors (Lipinski definition) is 3. The fraction of sp³-hybridized carbons (Fsp3) is 0.667. The van der Waals surface area contributed by atoms with Gasteiger partial charge in [-0.1, -0.05) is 30.6 Å². The fourth-order valence-corrected chi connectivity index (χ4v) is 7.22. The SMILES string of the molecule is CC(C#CCl)C(=O)OC1(C)C[C@H]2C(=CC1=O)CC[C@@H]1[C@@H]2[C@@H](Cl)C[C@]2(C)CC=C[C@@H]12. The Morgan fingerprint density at radius 2 is 2.10 bits per heavy atom. The third-order valence-electron chi connectivity index (χ3n) is 7.87. The van der Waals surface area contributed by atoms with E-state index in [1.165, 1.54) is 5.57 Å². The highest BCUT2D eigenvalue weighted by Crippen LogP contribution is 2.61. The van der Waals surface area contributed by atoms with Gasteiger partial charge in [0.05, 0.1) is 0 Å². The maximum atomic E-state index is 12.9. The number of allylic oxidation sites excluding steroid dienone is 3. The molecule has 156 valence electrons. The molecule has 29 heavy (non-hydrogen) atoms. The zero-order valence-corrected chi connectivity index (χ0v) is 18.7. The average Bonchev–Trinajstić information content (AvgIpc) is 3.03. The molecular weight excluding hydrogens is 407 g/mol. The summed E-state index contributed by atoms with van der Waals surface area (Å²) in [6.07, 6.45) is 11.0. The van der Waals surface area contributed by atoms with Crippen LogP contribution in [0.3, 0.4) is 0 Å². The first kappa shape index (κ1) is 21.0. The Labute approximate surface area is 183 Å². The van der Waals surface area contributed by atoms with E-state index in [2.05, 4.69) is 30.4 Å². The minimum atomic E-state index is -1.17. The number of fused-ring (bicyclic) bond motifs is 5. The number of alkyl halides is 1. The van der Waals surface area contributed by atoms with E-state index in [4.69, 9.17) is 27.9 Å². The molecule has 0 aromatic carbocycles. The summed E-state index contributed by atoms with van der Waals surface area (Å²) >= 11 is 12.4. The molecule has 0 spiro atoms. The normalized spacial score (nSPS) is 43.8. The maximum absolute atomic E-state index is 12.9. The highest BCUT2D eigenvalue weighted by molar-refractivity contribution is 6.30. The van der Waals surface area contributed by atoms with Gasteiger partial charge in [-0.2, -0.15) is 0 Å². The summed E-state index contributed by atoms with van der Waals surface area (Å²) in [6, 6.07) is 0. The van der Waals surface area contributed by atoms with Crippen molar-refractivity contribution in [1.29, 1.82) is 0 Å². The van der Waals surface area contributed by atoms with Gasteiger partial charge >= 0.3 is 5.97 Å². The van der Waals surface area contributed by atoms with Crippen molar-refractivity contribution in [1.82, 2.24) is 0 Å². The monoisotopic (exact) mass is 434 g/mol. The Balaban J connectivity index is 1.61. The van der Waals surface area contributed by atoms with Crippen molar-refractivity contribution in [2.75, 3.05) is 0 Å². The van der Waals surface area contributed by atoms with Crippen LogP contribution in [0.5, 0.6) is 0 Å². The molecule has 2 fully saturated rings. The molecule has 0 N–H and O–H groups in total. The smallest absolute Gasteiger partial charge is 0.321 e. The number of rotatable bonds is 2. The van der Waals surface area contributed by atoms with Crippen LogP contribution in [-0.2, 0) is 14.3 Å². The largest absolute Gasteiger partial charge is 0.450 e. The van der Waals surface area contributed by atoms with Crippen LogP contribution in [0, 0.1) is 46.3 Å². The minimum Gasteiger partial charge on any atom is -0.450 e. The van der Waals surface area contributed by atoms with Crippen molar-refractivity contribution < 1.29 is 14.3 Å². The van der Waals surface area contributed by atoms with E-state index in [1.807, 2.05) is 0 Å². The van der Waals surface area contributed by atoms with E-state index in [0.717, 1.165) is 25.7 Å². The molecule has 2 unspecified atom stereocenters. The molecular formula is C24H28Cl2O3. The molecule has 0 aromatic rings. The summed E-state index contributed by atoms with van der Waals surface area (Å²) in [6.45, 7) is 5.73. The summed E-state index contributed by atoms with van der Waals surface area (Å²) in [4.78, 5) is 25.4. The number of ketones is 1. The lowest BCUT2D eigenvalue weighted by Gasteiger charge is -2.55. The van der Waals surface area contributed by atoms with Gasteiger partial charge in [0.1, 0.15) is 5.92 Å². The molecule has 0 aliphatic heterocycles. The summed E-state index contributed by atoms with van der Waals surface area (Å²) in [7, 11) is 0. The van der Waals surface area contributed by atoms with Crippen molar-refractivity contribution in [3.63, 3.8) is 0 Å². The van der Waals surface area contributed by atoms with E-state index < -0.39 is 17.5 Å². The molecule has 2 saturated carbocycles. The van der Waals surface area contributed by atoms with Crippen molar-refractivity contribution in [2.24, 2.45) is 35.0 Å². The zero-order chi connectivity index (χ0) is 21.0. The van der Waals surface area contributed by atoms with Crippen molar-refractivity contribution in [2.45, 2.75) is 63.9 Å². The van der Waals surface area contributed by atoms with Crippen LogP contribution in [0.25, 0.3) is 0 Å². The van der Waals surface area contributed by atoms with Gasteiger partial charge in [0.25, 0.3) is 0 Å². The standard InChI is InChI=1S/C24H28Cl2O3/c1-14(8-10-25)22(28)29-24(3)12-17-15(11-20(24)27)6-7-16-18-5-4-9-23(18,2)13-19(26)21(16)17/h4-5,11,14,16-19,21H,6-7,9,12-13H2,1-3H3/t14?,16-,17-,18-,19-,21-,23-,24?/m0/s1. The van der Waals surface area contributed by atoms with Crippen molar-refractivity contribution in [3.05, 3.63) is 23.8 Å². The number of carbonyl (C=O) groups excluding carboxylic acids is 2. The molecule has 5 heteroatoms. The predicted octanol–water partition coefficient (Wildman–Crippen LogP) is 5.26. The minimum absolute atomic E-state index is 0.0732. The van der Waals surface area contributed by atoms with Crippen LogP contribution in [0.2, 0.25) is 0 Å². The van der Waals surface area contributed by atoms with Crippen LogP contribution < -0.4 is 0 Å². The van der Waals surface area contributed by atoms with Gasteiger partial charge in [0.15, 0.2) is 11.4 Å². The summed E-state index contributed by atoms with van der Waals surface area (Å²) < 4.78 is 5.72. The quantitative estimate of drug-likeness (QED) is 0.257. The van der Waals surface area contributed by atoms with Crippen LogP contribution in [0.15, 0.2) is 23.8 Å². The van der Waals surface area contributed by atoms with Crippen LogP contribution in [0.4, 0.5) is 0 Å². The van der Waals surface area contributed by atoms with Gasteiger partial charge in [-0.05, 0) is 86.3 Å². The van der Waals surface area contributed by atoms with Crippen LogP contribution in [0.1, 0.15) is 52.9 Å². The fourth-order valence-electron chi connectivity index (χ4n) is 6.34. The van der Waals surface area contributed by atoms with Gasteiger partial charge in [0.2, 0.25) is 0 Å². The third kappa shape index (κ3) is 3.47. The lowest BCUT2D eigenvalue weighted by molar-refractivity contribution is -0.169. The Bertz CT molecular complexity index is 850. The lowest BCUT2D eigenvalue weighted by Crippen LogP contribution is -2.54. The van der Waals surface area contributed by atoms with E-state index in [0.29, 0.717) is 24.2 Å². The first-order valence-corrected chi connectivity index (χ1v) is 11.4. The first-order valence-electron chi connectivity index (χ1n) is 10.6. The molecule has 0 heterocycles. The Morgan fingerprint density at radius 1 is 1.34 bits per heavy atom. The first-order chi connectivity index (χ1) is 13.7.